The van der Waals surface area contributed by atoms with E-state index in [0.717, 1.165) is 10.7 Å². The van der Waals surface area contributed by atoms with Crippen LogP contribution < -0.4 is 10.5 Å². The Morgan fingerprint density at radius 2 is 2.35 bits per heavy atom. The second kappa shape index (κ2) is 5.15. The molecule has 2 aromatic heterocycles. The van der Waals surface area contributed by atoms with Gasteiger partial charge in [0.2, 0.25) is 0 Å². The summed E-state index contributed by atoms with van der Waals surface area (Å²) in [6.45, 7) is 0.341. The van der Waals surface area contributed by atoms with E-state index in [-0.39, 0.29) is 5.84 Å². The number of rotatable bonds is 4. The van der Waals surface area contributed by atoms with Crippen molar-refractivity contribution in [3.63, 3.8) is 0 Å². The summed E-state index contributed by atoms with van der Waals surface area (Å²) in [5.74, 6) is 0.529. The van der Waals surface area contributed by atoms with Crippen LogP contribution in [0.25, 0.3) is 4.96 Å². The highest BCUT2D eigenvalue weighted by atomic mass is 35.5. The molecule has 0 bridgehead atoms. The SMILES string of the molecule is N=C(N)c1ccc(OCc2cn3ccsc3n2)c(Cl)c1. The van der Waals surface area contributed by atoms with Gasteiger partial charge in [-0.1, -0.05) is 11.6 Å². The van der Waals surface area contributed by atoms with Crippen LogP contribution in [0.1, 0.15) is 11.3 Å². The number of imidazole rings is 1. The van der Waals surface area contributed by atoms with E-state index in [1.54, 1.807) is 29.5 Å². The Labute approximate surface area is 124 Å². The molecule has 3 rings (SSSR count). The Morgan fingerprint density at radius 3 is 3.05 bits per heavy atom. The minimum Gasteiger partial charge on any atom is -0.486 e. The zero-order chi connectivity index (χ0) is 14.1. The molecule has 1 aromatic carbocycles. The summed E-state index contributed by atoms with van der Waals surface area (Å²) in [6, 6.07) is 5.03. The van der Waals surface area contributed by atoms with E-state index in [4.69, 9.17) is 27.5 Å². The maximum atomic E-state index is 7.35. The van der Waals surface area contributed by atoms with E-state index in [0.29, 0.717) is 22.9 Å². The molecule has 0 aliphatic rings. The summed E-state index contributed by atoms with van der Waals surface area (Å²) >= 11 is 7.67. The van der Waals surface area contributed by atoms with E-state index in [1.807, 2.05) is 22.2 Å². The van der Waals surface area contributed by atoms with Crippen LogP contribution in [0.15, 0.2) is 36.0 Å². The minimum absolute atomic E-state index is 0.0206. The molecule has 0 amide bonds. The van der Waals surface area contributed by atoms with E-state index < -0.39 is 0 Å². The number of halogens is 1. The smallest absolute Gasteiger partial charge is 0.193 e. The topological polar surface area (TPSA) is 76.4 Å². The van der Waals surface area contributed by atoms with Gasteiger partial charge in [-0.2, -0.15) is 0 Å². The van der Waals surface area contributed by atoms with Gasteiger partial charge in [-0.3, -0.25) is 9.81 Å². The van der Waals surface area contributed by atoms with Gasteiger partial charge in [0.15, 0.2) is 4.96 Å². The molecule has 0 spiro atoms. The van der Waals surface area contributed by atoms with Gasteiger partial charge < -0.3 is 10.5 Å². The highest BCUT2D eigenvalue weighted by Crippen LogP contribution is 2.26. The van der Waals surface area contributed by atoms with Gasteiger partial charge in [-0.15, -0.1) is 11.3 Å². The molecule has 0 aliphatic carbocycles. The third kappa shape index (κ3) is 2.48. The van der Waals surface area contributed by atoms with Crippen LogP contribution in [-0.2, 0) is 6.61 Å². The second-order valence-corrected chi connectivity index (χ2v) is 5.45. The molecule has 0 aliphatic heterocycles. The molecule has 0 saturated carbocycles. The first-order valence-corrected chi connectivity index (χ1v) is 7.07. The van der Waals surface area contributed by atoms with Crippen molar-refractivity contribution in [1.82, 2.24) is 9.38 Å². The van der Waals surface area contributed by atoms with Gasteiger partial charge in [-0.05, 0) is 18.2 Å². The van der Waals surface area contributed by atoms with E-state index in [9.17, 15) is 0 Å². The average Bonchev–Trinajstić information content (AvgIpc) is 2.97. The predicted molar refractivity (Wildman–Crippen MR) is 79.9 cm³/mol. The molecule has 3 N–H and O–H groups in total. The van der Waals surface area contributed by atoms with Gasteiger partial charge in [0, 0.05) is 23.3 Å². The zero-order valence-electron chi connectivity index (χ0n) is 10.3. The molecule has 0 saturated heterocycles. The van der Waals surface area contributed by atoms with Crippen molar-refractivity contribution in [2.75, 3.05) is 0 Å². The summed E-state index contributed by atoms with van der Waals surface area (Å²) < 4.78 is 7.59. The van der Waals surface area contributed by atoms with Crippen molar-refractivity contribution in [3.05, 3.63) is 52.3 Å². The number of hydrogen-bond donors (Lipinski definition) is 2. The van der Waals surface area contributed by atoms with Crippen LogP contribution in [0.3, 0.4) is 0 Å². The van der Waals surface area contributed by atoms with Crippen molar-refractivity contribution in [2.45, 2.75) is 6.61 Å². The second-order valence-electron chi connectivity index (χ2n) is 4.17. The van der Waals surface area contributed by atoms with E-state index in [1.165, 1.54) is 0 Å². The number of nitrogen functional groups attached to an aromatic ring is 1. The van der Waals surface area contributed by atoms with Crippen molar-refractivity contribution < 1.29 is 4.74 Å². The fourth-order valence-corrected chi connectivity index (χ4v) is 2.74. The van der Waals surface area contributed by atoms with E-state index >= 15 is 0 Å². The number of benzene rings is 1. The molecule has 5 nitrogen and oxygen atoms in total. The first kappa shape index (κ1) is 13.0. The molecule has 2 heterocycles. The number of fused-ring (bicyclic) bond motifs is 1. The zero-order valence-corrected chi connectivity index (χ0v) is 11.9. The number of aromatic nitrogens is 2. The molecule has 0 fully saturated rings. The number of thiazole rings is 1. The fraction of sp³-hybridized carbons (Fsp3) is 0.0769. The van der Waals surface area contributed by atoms with Crippen molar-refractivity contribution in [3.8, 4) is 5.75 Å². The summed E-state index contributed by atoms with van der Waals surface area (Å²) in [5, 5.41) is 9.76. The number of amidine groups is 1. The average molecular weight is 307 g/mol. The standard InChI is InChI=1S/C13H11ClN4OS/c14-10-5-8(12(15)16)1-2-11(10)19-7-9-6-18-3-4-20-13(18)17-9/h1-6H,7H2,(H3,15,16). The largest absolute Gasteiger partial charge is 0.486 e. The molecule has 0 atom stereocenters. The third-order valence-corrected chi connectivity index (χ3v) is 3.83. The molecule has 3 aromatic rings. The van der Waals surface area contributed by atoms with Crippen LogP contribution in [0.4, 0.5) is 0 Å². The quantitative estimate of drug-likeness (QED) is 0.575. The first-order chi connectivity index (χ1) is 9.63. The number of nitrogens with zero attached hydrogens (tertiary/aromatic N) is 2. The van der Waals surface area contributed by atoms with Crippen molar-refractivity contribution >= 4 is 33.7 Å². The van der Waals surface area contributed by atoms with Crippen molar-refractivity contribution in [1.29, 1.82) is 5.41 Å². The van der Waals surface area contributed by atoms with Crippen LogP contribution in [0, 0.1) is 5.41 Å². The Bertz CT molecular complexity index is 751. The monoisotopic (exact) mass is 306 g/mol. The summed E-state index contributed by atoms with van der Waals surface area (Å²) in [6.07, 6.45) is 3.87. The Balaban J connectivity index is 1.74. The van der Waals surface area contributed by atoms with Gasteiger partial charge in [-0.25, -0.2) is 4.98 Å². The molecule has 0 radical (unpaired) electrons. The van der Waals surface area contributed by atoms with Gasteiger partial charge in [0.1, 0.15) is 18.2 Å². The van der Waals surface area contributed by atoms with Crippen LogP contribution in [0.5, 0.6) is 5.75 Å². The fourth-order valence-electron chi connectivity index (χ4n) is 1.78. The summed E-state index contributed by atoms with van der Waals surface area (Å²) in [4.78, 5) is 5.35. The normalized spacial score (nSPS) is 10.8. The Morgan fingerprint density at radius 1 is 1.50 bits per heavy atom. The lowest BCUT2D eigenvalue weighted by Crippen LogP contribution is -2.10. The molecule has 0 unspecified atom stereocenters. The maximum absolute atomic E-state index is 7.35. The Hall–Kier alpha value is -2.05. The molecular formula is C13H11ClN4OS. The number of ether oxygens (including phenoxy) is 1. The van der Waals surface area contributed by atoms with Crippen LogP contribution >= 0.6 is 22.9 Å². The lowest BCUT2D eigenvalue weighted by Gasteiger charge is -2.07. The molecular weight excluding hydrogens is 296 g/mol. The van der Waals surface area contributed by atoms with E-state index in [2.05, 4.69) is 4.98 Å². The Kier molecular flexibility index (Phi) is 3.33. The minimum atomic E-state index is -0.0206. The summed E-state index contributed by atoms with van der Waals surface area (Å²) in [7, 11) is 0. The van der Waals surface area contributed by atoms with Gasteiger partial charge >= 0.3 is 0 Å². The number of hydrogen-bond acceptors (Lipinski definition) is 4. The molecule has 7 heteroatoms. The number of nitrogens with one attached hydrogen (secondary N) is 1. The van der Waals surface area contributed by atoms with Crippen LogP contribution in [0.2, 0.25) is 5.02 Å². The highest BCUT2D eigenvalue weighted by Gasteiger charge is 2.07. The van der Waals surface area contributed by atoms with Crippen molar-refractivity contribution in [2.24, 2.45) is 5.73 Å². The molecule has 20 heavy (non-hydrogen) atoms. The molecule has 102 valence electrons. The van der Waals surface area contributed by atoms with Gasteiger partial charge in [0.05, 0.1) is 10.7 Å². The lowest BCUT2D eigenvalue weighted by molar-refractivity contribution is 0.302. The van der Waals surface area contributed by atoms with Crippen LogP contribution in [-0.4, -0.2) is 15.2 Å². The lowest BCUT2D eigenvalue weighted by atomic mass is 10.2. The summed E-state index contributed by atoms with van der Waals surface area (Å²) in [5.41, 5.74) is 6.81. The van der Waals surface area contributed by atoms with Gasteiger partial charge in [0.25, 0.3) is 0 Å². The number of nitrogens with two attached hydrogens (primary N) is 1. The first-order valence-electron chi connectivity index (χ1n) is 5.81. The maximum Gasteiger partial charge on any atom is 0.193 e. The third-order valence-electron chi connectivity index (χ3n) is 2.76. The predicted octanol–water partition coefficient (Wildman–Crippen LogP) is 2.91. The highest BCUT2D eigenvalue weighted by molar-refractivity contribution is 7.15.